The number of hydrogen-bond acceptors (Lipinski definition) is 8. The molecule has 18 heteroatoms. The predicted molar refractivity (Wildman–Crippen MR) is 162 cm³/mol. The minimum Gasteiger partial charge on any atom is -0.468 e. The third-order valence-corrected chi connectivity index (χ3v) is 8.11. The Balaban J connectivity index is 2.00. The number of ether oxygens (including phenoxy) is 1. The van der Waals surface area contributed by atoms with E-state index in [1.165, 1.54) is 12.1 Å². The third-order valence-electron chi connectivity index (χ3n) is 7.24. The highest BCUT2D eigenvalue weighted by Crippen LogP contribution is 2.34. The molecule has 3 amide bonds. The van der Waals surface area contributed by atoms with Crippen molar-refractivity contribution in [1.29, 1.82) is 0 Å². The smallest absolute Gasteiger partial charge is 0.389 e. The van der Waals surface area contributed by atoms with Gasteiger partial charge in [0.1, 0.15) is 11.9 Å². The number of fused-ring (bicyclic) bond motifs is 1. The number of alkyl halides is 6. The monoisotopic (exact) mass is 707 g/mol. The maximum Gasteiger partial charge on any atom is 0.389 e. The van der Waals surface area contributed by atoms with E-state index in [4.69, 9.17) is 5.73 Å². The van der Waals surface area contributed by atoms with Crippen molar-refractivity contribution in [2.45, 2.75) is 57.2 Å². The molecule has 5 N–H and O–H groups in total. The van der Waals surface area contributed by atoms with Crippen LogP contribution in [0.15, 0.2) is 47.5 Å². The summed E-state index contributed by atoms with van der Waals surface area (Å²) in [7, 11) is 1.04. The fourth-order valence-corrected chi connectivity index (χ4v) is 5.54. The maximum atomic E-state index is 14.2. The van der Waals surface area contributed by atoms with Gasteiger partial charge in [0.15, 0.2) is 0 Å². The Labute approximate surface area is 274 Å². The lowest BCUT2D eigenvalue weighted by Crippen LogP contribution is -2.48. The molecule has 1 heterocycles. The highest BCUT2D eigenvalue weighted by molar-refractivity contribution is 7.98. The highest BCUT2D eigenvalue weighted by Gasteiger charge is 2.41. The number of methoxy groups -OCH3 is 1. The van der Waals surface area contributed by atoms with E-state index in [9.17, 15) is 49.9 Å². The van der Waals surface area contributed by atoms with Crippen molar-refractivity contribution in [3.05, 3.63) is 65.0 Å². The molecule has 3 rings (SSSR count). The summed E-state index contributed by atoms with van der Waals surface area (Å²) >= 11 is 0.483. The van der Waals surface area contributed by atoms with Gasteiger partial charge in [-0.25, -0.2) is 9.38 Å². The third kappa shape index (κ3) is 10.9. The van der Waals surface area contributed by atoms with Crippen molar-refractivity contribution < 1.29 is 54.6 Å². The zero-order chi connectivity index (χ0) is 35.8. The molecule has 0 aromatic heterocycles. The minimum absolute atomic E-state index is 0.0217. The molecule has 0 radical (unpaired) electrons. The Kier molecular flexibility index (Phi) is 13.0. The van der Waals surface area contributed by atoms with Crippen LogP contribution >= 0.6 is 11.9 Å². The summed E-state index contributed by atoms with van der Waals surface area (Å²) in [5, 5.41) is 4.78. The minimum atomic E-state index is -4.87. The summed E-state index contributed by atoms with van der Waals surface area (Å²) in [5.74, 6) is -9.40. The Morgan fingerprint density at radius 3 is 2.19 bits per heavy atom. The van der Waals surface area contributed by atoms with Crippen LogP contribution in [0.4, 0.5) is 36.4 Å². The number of hydrogen-bond donors (Lipinski definition) is 4. The Bertz CT molecular complexity index is 1540. The Hall–Kier alpha value is -4.19. The Morgan fingerprint density at radius 1 is 1.00 bits per heavy atom. The molecule has 0 bridgehead atoms. The van der Waals surface area contributed by atoms with Crippen molar-refractivity contribution in [3.63, 3.8) is 0 Å². The van der Waals surface area contributed by atoms with Gasteiger partial charge in [0.25, 0.3) is 5.91 Å². The molecule has 1 aliphatic rings. The predicted octanol–water partition coefficient (Wildman–Crippen LogP) is 4.55. The summed E-state index contributed by atoms with van der Waals surface area (Å²) in [5.41, 5.74) is 6.91. The number of para-hydroxylation sites is 1. The van der Waals surface area contributed by atoms with Crippen LogP contribution in [-0.2, 0) is 23.9 Å². The summed E-state index contributed by atoms with van der Waals surface area (Å²) in [6, 6.07) is 8.66. The van der Waals surface area contributed by atoms with Crippen LogP contribution in [0, 0.1) is 24.6 Å². The zero-order valence-electron chi connectivity index (χ0n) is 25.5. The van der Waals surface area contributed by atoms with Gasteiger partial charge in [-0.05, 0) is 49.4 Å². The van der Waals surface area contributed by atoms with Crippen molar-refractivity contribution in [3.8, 4) is 0 Å². The lowest BCUT2D eigenvalue weighted by molar-refractivity contribution is -0.152. The van der Waals surface area contributed by atoms with Gasteiger partial charge in [-0.15, -0.1) is 0 Å². The first-order chi connectivity index (χ1) is 22.4. The number of nitrogens with zero attached hydrogens (tertiary/aromatic N) is 1. The SMILES string of the molecule is COC(=O)C(N)CSNC(=O)C(CCC(F)(F)F)C(CCC(F)(F)F)C(=O)NC1N=C(c2cccc(F)c2)c2cccc(C)c2NC1=O. The topological polar surface area (TPSA) is 152 Å². The second kappa shape index (κ2) is 16.3. The van der Waals surface area contributed by atoms with Gasteiger partial charge in [-0.2, -0.15) is 26.3 Å². The second-order valence-electron chi connectivity index (χ2n) is 10.8. The zero-order valence-corrected chi connectivity index (χ0v) is 26.3. The van der Waals surface area contributed by atoms with E-state index in [0.29, 0.717) is 23.1 Å². The molecule has 0 saturated heterocycles. The first kappa shape index (κ1) is 38.3. The maximum absolute atomic E-state index is 14.2. The number of aliphatic imine (C=N–C) groups is 1. The van der Waals surface area contributed by atoms with Gasteiger partial charge in [0.2, 0.25) is 18.0 Å². The molecule has 2 aromatic carbocycles. The summed E-state index contributed by atoms with van der Waals surface area (Å²) in [6.07, 6.45) is -17.1. The van der Waals surface area contributed by atoms with Crippen molar-refractivity contribution in [2.75, 3.05) is 18.2 Å². The number of benzene rings is 2. The van der Waals surface area contributed by atoms with Crippen LogP contribution < -0.4 is 21.1 Å². The molecule has 0 saturated carbocycles. The van der Waals surface area contributed by atoms with E-state index in [2.05, 4.69) is 25.1 Å². The van der Waals surface area contributed by atoms with E-state index >= 15 is 0 Å². The number of anilines is 1. The first-order valence-corrected chi connectivity index (χ1v) is 15.3. The van der Waals surface area contributed by atoms with E-state index in [1.807, 2.05) is 0 Å². The average molecular weight is 708 g/mol. The second-order valence-corrected chi connectivity index (χ2v) is 11.6. The molecule has 1 aliphatic heterocycles. The highest BCUT2D eigenvalue weighted by atomic mass is 32.2. The largest absolute Gasteiger partial charge is 0.468 e. The fraction of sp³-hybridized carbons (Fsp3) is 0.433. The Morgan fingerprint density at radius 2 is 1.60 bits per heavy atom. The van der Waals surface area contributed by atoms with Crippen LogP contribution in [0.5, 0.6) is 0 Å². The molecular weight excluding hydrogens is 675 g/mol. The normalized spacial score (nSPS) is 16.8. The molecular formula is C30H32F7N5O5S. The number of carbonyl (C=O) groups excluding carboxylic acids is 4. The molecule has 262 valence electrons. The molecule has 48 heavy (non-hydrogen) atoms. The molecule has 0 spiro atoms. The lowest BCUT2D eigenvalue weighted by atomic mass is 9.83. The van der Waals surface area contributed by atoms with Crippen LogP contribution in [0.3, 0.4) is 0 Å². The standard InChI is InChI=1S/C30H32F7N5O5S/c1-15-5-3-8-20-22(15)40-27(45)24(39-23(20)16-6-4-7-17(31)13-16)41-25(43)18(9-11-29(32,33)34)19(10-12-30(35,36)37)26(44)42-48-14-21(38)28(46)47-2/h3-8,13,18-19,21,24H,9-12,14,38H2,1-2H3,(H,40,45)(H,41,43)(H,42,44). The van der Waals surface area contributed by atoms with Crippen molar-refractivity contribution >= 4 is 47.0 Å². The van der Waals surface area contributed by atoms with Crippen LogP contribution in [0.2, 0.25) is 0 Å². The molecule has 4 atom stereocenters. The molecule has 4 unspecified atom stereocenters. The number of nitrogens with two attached hydrogens (primary N) is 1. The average Bonchev–Trinajstić information content (AvgIpc) is 3.13. The van der Waals surface area contributed by atoms with E-state index in [1.54, 1.807) is 25.1 Å². The van der Waals surface area contributed by atoms with Crippen LogP contribution in [-0.4, -0.2) is 66.8 Å². The van der Waals surface area contributed by atoms with Gasteiger partial charge in [0.05, 0.1) is 24.4 Å². The number of nitrogens with one attached hydrogen (secondary N) is 3. The molecule has 10 nitrogen and oxygen atoms in total. The van der Waals surface area contributed by atoms with Crippen LogP contribution in [0.1, 0.15) is 42.4 Å². The van der Waals surface area contributed by atoms with Crippen molar-refractivity contribution in [2.24, 2.45) is 22.6 Å². The summed E-state index contributed by atoms with van der Waals surface area (Å²) in [4.78, 5) is 56.0. The van der Waals surface area contributed by atoms with Crippen molar-refractivity contribution in [1.82, 2.24) is 10.0 Å². The number of rotatable bonds is 13. The summed E-state index contributed by atoms with van der Waals surface area (Å²) in [6.45, 7) is 1.65. The first-order valence-electron chi connectivity index (χ1n) is 14.3. The molecule has 0 fully saturated rings. The fourth-order valence-electron chi connectivity index (χ4n) is 4.85. The number of esters is 1. The van der Waals surface area contributed by atoms with Gasteiger partial charge in [0, 0.05) is 35.6 Å². The number of amides is 3. The van der Waals surface area contributed by atoms with Crippen LogP contribution in [0.25, 0.3) is 0 Å². The summed E-state index contributed by atoms with van der Waals surface area (Å²) < 4.78 is 101. The molecule has 0 aliphatic carbocycles. The number of benzodiazepines with no additional fused rings is 1. The van der Waals surface area contributed by atoms with Gasteiger partial charge >= 0.3 is 18.3 Å². The lowest BCUT2D eigenvalue weighted by Gasteiger charge is -2.27. The van der Waals surface area contributed by atoms with E-state index in [-0.39, 0.29) is 22.7 Å². The number of aryl methyl sites for hydroxylation is 1. The number of carbonyl (C=O) groups is 4. The van der Waals surface area contributed by atoms with Gasteiger partial charge in [-0.3, -0.25) is 23.9 Å². The quantitative estimate of drug-likeness (QED) is 0.136. The molecule has 2 aromatic rings. The van der Waals surface area contributed by atoms with Gasteiger partial charge in [-0.1, -0.05) is 30.3 Å². The van der Waals surface area contributed by atoms with E-state index < -0.39 is 91.6 Å². The number of halogens is 7. The van der Waals surface area contributed by atoms with Gasteiger partial charge < -0.3 is 21.1 Å². The van der Waals surface area contributed by atoms with E-state index in [0.717, 1.165) is 19.2 Å².